The van der Waals surface area contributed by atoms with Gasteiger partial charge in [0, 0.05) is 39.0 Å². The summed E-state index contributed by atoms with van der Waals surface area (Å²) in [4.78, 5) is 38.9. The second kappa shape index (κ2) is 8.00. The van der Waals surface area contributed by atoms with E-state index in [4.69, 9.17) is 5.73 Å². The van der Waals surface area contributed by atoms with Crippen molar-refractivity contribution in [3.8, 4) is 16.2 Å². The van der Waals surface area contributed by atoms with Crippen molar-refractivity contribution < 1.29 is 39.9 Å². The van der Waals surface area contributed by atoms with Gasteiger partial charge in [0.25, 0.3) is 5.91 Å². The molecule has 0 radical (unpaired) electrons. The van der Waals surface area contributed by atoms with E-state index in [9.17, 15) is 39.9 Å². The van der Waals surface area contributed by atoms with Gasteiger partial charge in [-0.15, -0.1) is 11.3 Å². The van der Waals surface area contributed by atoms with Crippen molar-refractivity contribution in [2.45, 2.75) is 31.0 Å². The Morgan fingerprint density at radius 1 is 1.11 bits per heavy atom. The zero-order chi connectivity index (χ0) is 27.3. The van der Waals surface area contributed by atoms with Crippen molar-refractivity contribution >= 4 is 44.7 Å². The maximum atomic E-state index is 13.8. The third-order valence-corrected chi connectivity index (χ3v) is 9.34. The molecule has 0 bridgehead atoms. The molecule has 7 N–H and O–H groups in total. The first-order chi connectivity index (χ1) is 18.0. The number of aliphatic hydroxyl groups excluding tert-OH is 3. The molecule has 6 rings (SSSR count). The van der Waals surface area contributed by atoms with Crippen LogP contribution in [0.5, 0.6) is 5.75 Å². The molecule has 3 aliphatic rings. The number of carbonyl (C=O) groups is 3. The highest BCUT2D eigenvalue weighted by molar-refractivity contribution is 7.22. The standard InChI is InChI=1S/C28H23NO8S/c1-10-12-6-7-13(17-8-11-4-2-3-5-16(11)38-17)22(31)19(12)24(33)21-18(10)23(32)14-9-15(30)20(27(29)36)25(34)28(14,37)26(21)35/h2-8,10,14,18,23,31-34,37H,9H2,1H3,(H2,29,36)/t10-,14+,18+,23+,28+/m0/s1. The number of carbonyl (C=O) groups excluding carboxylic acids is 3. The summed E-state index contributed by atoms with van der Waals surface area (Å²) in [5.74, 6) is -8.70. The van der Waals surface area contributed by atoms with Crippen molar-refractivity contribution in [3.05, 3.63) is 70.5 Å². The van der Waals surface area contributed by atoms with Gasteiger partial charge in [0.2, 0.25) is 5.78 Å². The fourth-order valence-electron chi connectivity index (χ4n) is 6.31. The molecular formula is C28H23NO8S. The van der Waals surface area contributed by atoms with Crippen molar-refractivity contribution in [2.75, 3.05) is 0 Å². The number of nitrogens with two attached hydrogens (primary N) is 1. The van der Waals surface area contributed by atoms with Crippen LogP contribution >= 0.6 is 11.3 Å². The number of phenolic OH excluding ortho intramolecular Hbond substituents is 1. The summed E-state index contributed by atoms with van der Waals surface area (Å²) in [6, 6.07) is 13.0. The maximum Gasteiger partial charge on any atom is 0.255 e. The first-order valence-corrected chi connectivity index (χ1v) is 12.8. The molecule has 3 aromatic rings. The Balaban J connectivity index is 1.57. The number of thiophene rings is 1. The van der Waals surface area contributed by atoms with E-state index in [1.165, 1.54) is 11.3 Å². The van der Waals surface area contributed by atoms with Gasteiger partial charge in [0.1, 0.15) is 22.8 Å². The van der Waals surface area contributed by atoms with Crippen LogP contribution in [0.4, 0.5) is 0 Å². The number of aromatic hydroxyl groups is 1. The average molecular weight is 534 g/mol. The van der Waals surface area contributed by atoms with Gasteiger partial charge in [-0.3, -0.25) is 14.4 Å². The van der Waals surface area contributed by atoms with Crippen molar-refractivity contribution in [2.24, 2.45) is 17.6 Å². The number of amides is 1. The lowest BCUT2D eigenvalue weighted by Gasteiger charge is -2.50. The minimum Gasteiger partial charge on any atom is -0.508 e. The second-order valence-corrected chi connectivity index (χ2v) is 11.1. The van der Waals surface area contributed by atoms with E-state index in [0.717, 1.165) is 15.0 Å². The third kappa shape index (κ3) is 2.96. The molecular weight excluding hydrogens is 510 g/mol. The van der Waals surface area contributed by atoms with Crippen LogP contribution in [0.2, 0.25) is 0 Å². The monoisotopic (exact) mass is 533 g/mol. The van der Waals surface area contributed by atoms with Crippen LogP contribution in [0.1, 0.15) is 30.4 Å². The van der Waals surface area contributed by atoms with Gasteiger partial charge in [0.05, 0.1) is 11.7 Å². The van der Waals surface area contributed by atoms with Crippen molar-refractivity contribution in [3.63, 3.8) is 0 Å². The fraction of sp³-hybridized carbons (Fsp3) is 0.250. The first kappa shape index (κ1) is 24.4. The highest BCUT2D eigenvalue weighted by Gasteiger charge is 2.64. The summed E-state index contributed by atoms with van der Waals surface area (Å²) in [5, 5.41) is 57.2. The number of primary amides is 1. The molecule has 1 fully saturated rings. The number of benzene rings is 2. The highest BCUT2D eigenvalue weighted by atomic mass is 32.1. The molecule has 9 nitrogen and oxygen atoms in total. The third-order valence-electron chi connectivity index (χ3n) is 8.19. The summed E-state index contributed by atoms with van der Waals surface area (Å²) in [6.45, 7) is 1.70. The number of fused-ring (bicyclic) bond motifs is 4. The number of rotatable bonds is 2. The minimum atomic E-state index is -2.85. The lowest BCUT2D eigenvalue weighted by molar-refractivity contribution is -0.160. The lowest BCUT2D eigenvalue weighted by Crippen LogP contribution is -2.63. The fourth-order valence-corrected chi connectivity index (χ4v) is 7.40. The molecule has 5 atom stereocenters. The summed E-state index contributed by atoms with van der Waals surface area (Å²) in [6.07, 6.45) is -2.16. The summed E-state index contributed by atoms with van der Waals surface area (Å²) < 4.78 is 0.994. The molecule has 38 heavy (non-hydrogen) atoms. The van der Waals surface area contributed by atoms with Crippen molar-refractivity contribution in [1.82, 2.24) is 0 Å². The SMILES string of the molecule is C[C@H]1c2ccc(-c3cc4ccccc4s3)c(O)c2C(O)=C2C(=O)[C@]3(O)C(O)=C(C(N)=O)C(=O)C[C@@H]3[C@@H](O)[C@@H]21. The molecule has 1 aromatic heterocycles. The molecule has 0 spiro atoms. The van der Waals surface area contributed by atoms with Gasteiger partial charge in [-0.2, -0.15) is 0 Å². The Labute approximate surface area is 219 Å². The molecule has 3 aliphatic carbocycles. The van der Waals surface area contributed by atoms with Crippen LogP contribution in [0.3, 0.4) is 0 Å². The van der Waals surface area contributed by atoms with Crippen LogP contribution in [0, 0.1) is 11.8 Å². The van der Waals surface area contributed by atoms with Gasteiger partial charge in [-0.25, -0.2) is 0 Å². The van der Waals surface area contributed by atoms with Crippen LogP contribution < -0.4 is 5.73 Å². The predicted octanol–water partition coefficient (Wildman–Crippen LogP) is 2.84. The van der Waals surface area contributed by atoms with E-state index in [0.29, 0.717) is 11.1 Å². The Morgan fingerprint density at radius 3 is 2.50 bits per heavy atom. The molecule has 0 saturated heterocycles. The normalized spacial score (nSPS) is 28.8. The summed E-state index contributed by atoms with van der Waals surface area (Å²) in [5.41, 5.74) is 1.92. The van der Waals surface area contributed by atoms with Crippen LogP contribution in [-0.4, -0.2) is 54.7 Å². The highest BCUT2D eigenvalue weighted by Crippen LogP contribution is 2.56. The number of phenols is 1. The Morgan fingerprint density at radius 2 is 1.82 bits per heavy atom. The van der Waals surface area contributed by atoms with Gasteiger partial charge in [0.15, 0.2) is 11.4 Å². The molecule has 1 amide bonds. The minimum absolute atomic E-state index is 0.0215. The molecule has 10 heteroatoms. The topological polar surface area (TPSA) is 178 Å². The number of aliphatic hydroxyl groups is 4. The van der Waals surface area contributed by atoms with E-state index >= 15 is 0 Å². The second-order valence-electron chi connectivity index (χ2n) is 10.1. The summed E-state index contributed by atoms with van der Waals surface area (Å²) in [7, 11) is 0. The van der Waals surface area contributed by atoms with Gasteiger partial charge >= 0.3 is 0 Å². The zero-order valence-electron chi connectivity index (χ0n) is 20.0. The van der Waals surface area contributed by atoms with Crippen molar-refractivity contribution in [1.29, 1.82) is 0 Å². The van der Waals surface area contributed by atoms with E-state index in [1.54, 1.807) is 19.1 Å². The molecule has 194 valence electrons. The number of hydrogen-bond donors (Lipinski definition) is 6. The van der Waals surface area contributed by atoms with Gasteiger partial charge < -0.3 is 31.3 Å². The van der Waals surface area contributed by atoms with Crippen LogP contribution in [0.15, 0.2) is 59.4 Å². The molecule has 2 aromatic carbocycles. The van der Waals surface area contributed by atoms with Gasteiger partial charge in [-0.1, -0.05) is 31.2 Å². The largest absolute Gasteiger partial charge is 0.508 e. The Kier molecular flexibility index (Phi) is 5.13. The van der Waals surface area contributed by atoms with Gasteiger partial charge in [-0.05, 0) is 35.1 Å². The van der Waals surface area contributed by atoms with Crippen LogP contribution in [-0.2, 0) is 14.4 Å². The quantitative estimate of drug-likeness (QED) is 0.272. The lowest BCUT2D eigenvalue weighted by atomic mass is 9.55. The molecule has 0 unspecified atom stereocenters. The maximum absolute atomic E-state index is 13.8. The first-order valence-electron chi connectivity index (χ1n) is 12.0. The van der Waals surface area contributed by atoms with Crippen LogP contribution in [0.25, 0.3) is 26.3 Å². The zero-order valence-corrected chi connectivity index (χ0v) is 20.8. The van der Waals surface area contributed by atoms with E-state index in [2.05, 4.69) is 0 Å². The number of Topliss-reactive ketones (excluding diaryl/α,β-unsaturated/α-hetero) is 2. The number of hydrogen-bond acceptors (Lipinski definition) is 9. The Hall–Kier alpha value is -3.99. The predicted molar refractivity (Wildman–Crippen MR) is 138 cm³/mol. The van der Waals surface area contributed by atoms with E-state index < -0.39 is 76.0 Å². The smallest absolute Gasteiger partial charge is 0.255 e. The summed E-state index contributed by atoms with van der Waals surface area (Å²) >= 11 is 1.44. The molecule has 1 heterocycles. The Bertz CT molecular complexity index is 1630. The molecule has 0 aliphatic heterocycles. The molecule has 1 saturated carbocycles. The van der Waals surface area contributed by atoms with E-state index in [1.807, 2.05) is 30.3 Å². The van der Waals surface area contributed by atoms with E-state index in [-0.39, 0.29) is 11.3 Å². The average Bonchev–Trinajstić information content (AvgIpc) is 3.30. The number of ketones is 2.